The van der Waals surface area contributed by atoms with Crippen LogP contribution in [0.1, 0.15) is 12.8 Å². The molecule has 3 nitrogen and oxygen atoms in total. The molecule has 58 valence electrons. The zero-order valence-electron chi connectivity index (χ0n) is 5.86. The molecular weight excluding hydrogens is 130 g/mol. The molecule has 2 aliphatic rings. The van der Waals surface area contributed by atoms with Gasteiger partial charge in [-0.1, -0.05) is 0 Å². The van der Waals surface area contributed by atoms with Gasteiger partial charge in [0.05, 0.1) is 18.3 Å². The molecule has 1 heterocycles. The van der Waals surface area contributed by atoms with Crippen molar-refractivity contribution in [1.29, 1.82) is 0 Å². The van der Waals surface area contributed by atoms with Gasteiger partial charge in [-0.15, -0.1) is 0 Å². The van der Waals surface area contributed by atoms with Crippen LogP contribution in [0.2, 0.25) is 0 Å². The molecule has 3 heteroatoms. The van der Waals surface area contributed by atoms with Crippen LogP contribution in [0.3, 0.4) is 0 Å². The first kappa shape index (κ1) is 6.58. The largest absolute Gasteiger partial charge is 0.393 e. The standard InChI is InChI=1S/C7H13NO2/c8-3-4-1-5-6(9)2-7(5)10-4/h4-7,9H,1-3,8H2. The maximum Gasteiger partial charge on any atom is 0.0705 e. The molecule has 0 amide bonds. The smallest absolute Gasteiger partial charge is 0.0705 e. The summed E-state index contributed by atoms with van der Waals surface area (Å²) in [6, 6.07) is 0. The summed E-state index contributed by atoms with van der Waals surface area (Å²) in [5.41, 5.74) is 5.42. The molecule has 0 radical (unpaired) electrons. The van der Waals surface area contributed by atoms with Crippen LogP contribution in [0, 0.1) is 5.92 Å². The van der Waals surface area contributed by atoms with Crippen molar-refractivity contribution in [1.82, 2.24) is 0 Å². The fourth-order valence-electron chi connectivity index (χ4n) is 1.86. The second-order valence-electron chi connectivity index (χ2n) is 3.23. The van der Waals surface area contributed by atoms with Gasteiger partial charge in [0.2, 0.25) is 0 Å². The Balaban J connectivity index is 1.93. The third-order valence-corrected chi connectivity index (χ3v) is 2.61. The molecule has 2 rings (SSSR count). The predicted molar refractivity (Wildman–Crippen MR) is 36.4 cm³/mol. The van der Waals surface area contributed by atoms with E-state index in [0.29, 0.717) is 18.6 Å². The van der Waals surface area contributed by atoms with Crippen LogP contribution in [0.5, 0.6) is 0 Å². The molecule has 1 aliphatic carbocycles. The number of aliphatic hydroxyl groups is 1. The first-order valence-electron chi connectivity index (χ1n) is 3.85. The molecule has 0 bridgehead atoms. The highest BCUT2D eigenvalue weighted by Gasteiger charge is 2.47. The highest BCUT2D eigenvalue weighted by Crippen LogP contribution is 2.41. The highest BCUT2D eigenvalue weighted by atomic mass is 16.5. The maximum absolute atomic E-state index is 9.21. The lowest BCUT2D eigenvalue weighted by molar-refractivity contribution is -0.0796. The fourth-order valence-corrected chi connectivity index (χ4v) is 1.86. The minimum Gasteiger partial charge on any atom is -0.393 e. The summed E-state index contributed by atoms with van der Waals surface area (Å²) in [4.78, 5) is 0. The van der Waals surface area contributed by atoms with Crippen molar-refractivity contribution >= 4 is 0 Å². The number of nitrogens with two attached hydrogens (primary N) is 1. The summed E-state index contributed by atoms with van der Waals surface area (Å²) >= 11 is 0. The average Bonchev–Trinajstić information content (AvgIpc) is 2.26. The van der Waals surface area contributed by atoms with Crippen molar-refractivity contribution in [3.05, 3.63) is 0 Å². The van der Waals surface area contributed by atoms with E-state index in [4.69, 9.17) is 10.5 Å². The third kappa shape index (κ3) is 0.779. The Morgan fingerprint density at radius 1 is 1.50 bits per heavy atom. The number of hydrogen-bond acceptors (Lipinski definition) is 3. The molecule has 3 N–H and O–H groups in total. The van der Waals surface area contributed by atoms with Crippen LogP contribution in [0.25, 0.3) is 0 Å². The van der Waals surface area contributed by atoms with Gasteiger partial charge in [0, 0.05) is 18.9 Å². The first-order chi connectivity index (χ1) is 4.81. The topological polar surface area (TPSA) is 55.5 Å². The Kier molecular flexibility index (Phi) is 1.44. The lowest BCUT2D eigenvalue weighted by Gasteiger charge is -2.34. The van der Waals surface area contributed by atoms with Crippen LogP contribution < -0.4 is 5.73 Å². The summed E-state index contributed by atoms with van der Waals surface area (Å²) in [7, 11) is 0. The Labute approximate surface area is 60.2 Å². The van der Waals surface area contributed by atoms with Crippen LogP contribution in [0.15, 0.2) is 0 Å². The molecule has 0 spiro atoms. The van der Waals surface area contributed by atoms with Gasteiger partial charge in [-0.3, -0.25) is 0 Å². The van der Waals surface area contributed by atoms with Gasteiger partial charge >= 0.3 is 0 Å². The average molecular weight is 143 g/mol. The predicted octanol–water partition coefficient (Wildman–Crippen LogP) is -0.517. The number of hydrogen-bond donors (Lipinski definition) is 2. The van der Waals surface area contributed by atoms with E-state index in [9.17, 15) is 5.11 Å². The molecular formula is C7H13NO2. The van der Waals surface area contributed by atoms with Crippen molar-refractivity contribution in [3.8, 4) is 0 Å². The quantitative estimate of drug-likeness (QED) is 0.519. The van der Waals surface area contributed by atoms with Gasteiger partial charge < -0.3 is 15.6 Å². The van der Waals surface area contributed by atoms with E-state index in [1.165, 1.54) is 0 Å². The summed E-state index contributed by atoms with van der Waals surface area (Å²) in [5.74, 6) is 0.397. The summed E-state index contributed by atoms with van der Waals surface area (Å²) < 4.78 is 5.49. The third-order valence-electron chi connectivity index (χ3n) is 2.61. The van der Waals surface area contributed by atoms with Crippen molar-refractivity contribution < 1.29 is 9.84 Å². The van der Waals surface area contributed by atoms with Gasteiger partial charge in [0.1, 0.15) is 0 Å². The van der Waals surface area contributed by atoms with Gasteiger partial charge in [-0.2, -0.15) is 0 Å². The number of ether oxygens (including phenoxy) is 1. The van der Waals surface area contributed by atoms with E-state index in [-0.39, 0.29) is 12.2 Å². The number of fused-ring (bicyclic) bond motifs is 1. The van der Waals surface area contributed by atoms with Gasteiger partial charge in [0.25, 0.3) is 0 Å². The fraction of sp³-hybridized carbons (Fsp3) is 1.00. The van der Waals surface area contributed by atoms with E-state index >= 15 is 0 Å². The van der Waals surface area contributed by atoms with Gasteiger partial charge in [-0.05, 0) is 6.42 Å². The summed E-state index contributed by atoms with van der Waals surface area (Å²) in [6.07, 6.45) is 2.21. The van der Waals surface area contributed by atoms with E-state index in [1.54, 1.807) is 0 Å². The van der Waals surface area contributed by atoms with Crippen LogP contribution in [0.4, 0.5) is 0 Å². The zero-order chi connectivity index (χ0) is 7.14. The van der Waals surface area contributed by atoms with Crippen molar-refractivity contribution in [2.45, 2.75) is 31.2 Å². The van der Waals surface area contributed by atoms with Crippen molar-refractivity contribution in [3.63, 3.8) is 0 Å². The van der Waals surface area contributed by atoms with Crippen LogP contribution in [-0.4, -0.2) is 30.0 Å². The molecule has 1 saturated carbocycles. The minimum atomic E-state index is -0.110. The summed E-state index contributed by atoms with van der Waals surface area (Å²) in [6.45, 7) is 0.597. The molecule has 1 saturated heterocycles. The second-order valence-corrected chi connectivity index (χ2v) is 3.23. The number of rotatable bonds is 1. The normalized spacial score (nSPS) is 52.2. The Hall–Kier alpha value is -0.120. The van der Waals surface area contributed by atoms with Gasteiger partial charge in [-0.25, -0.2) is 0 Å². The molecule has 0 aromatic carbocycles. The van der Waals surface area contributed by atoms with E-state index in [2.05, 4.69) is 0 Å². The first-order valence-corrected chi connectivity index (χ1v) is 3.85. The van der Waals surface area contributed by atoms with Crippen molar-refractivity contribution in [2.24, 2.45) is 11.7 Å². The Morgan fingerprint density at radius 3 is 2.80 bits per heavy atom. The van der Waals surface area contributed by atoms with E-state index in [0.717, 1.165) is 12.8 Å². The van der Waals surface area contributed by atoms with Gasteiger partial charge in [0.15, 0.2) is 0 Å². The molecule has 4 unspecified atom stereocenters. The Morgan fingerprint density at radius 2 is 2.30 bits per heavy atom. The van der Waals surface area contributed by atoms with E-state index < -0.39 is 0 Å². The molecule has 2 fully saturated rings. The highest BCUT2D eigenvalue weighted by molar-refractivity contribution is 4.97. The van der Waals surface area contributed by atoms with Crippen LogP contribution >= 0.6 is 0 Å². The van der Waals surface area contributed by atoms with Crippen LogP contribution in [-0.2, 0) is 4.74 Å². The maximum atomic E-state index is 9.21. The van der Waals surface area contributed by atoms with E-state index in [1.807, 2.05) is 0 Å². The monoisotopic (exact) mass is 143 g/mol. The zero-order valence-corrected chi connectivity index (χ0v) is 5.86. The minimum absolute atomic E-state index is 0.110. The lowest BCUT2D eigenvalue weighted by atomic mass is 9.78. The Bertz CT molecular complexity index is 140. The molecule has 10 heavy (non-hydrogen) atoms. The van der Waals surface area contributed by atoms with Crippen molar-refractivity contribution in [2.75, 3.05) is 6.54 Å². The lowest BCUT2D eigenvalue weighted by Crippen LogP contribution is -2.42. The molecule has 0 aromatic heterocycles. The second kappa shape index (κ2) is 2.19. The molecule has 1 aliphatic heterocycles. The molecule has 0 aromatic rings. The number of aliphatic hydroxyl groups excluding tert-OH is 1. The summed E-state index contributed by atoms with van der Waals surface area (Å²) in [5, 5.41) is 9.21. The SMILES string of the molecule is NCC1CC2C(O)CC2O1. The molecule has 4 atom stereocenters.